The van der Waals surface area contributed by atoms with E-state index in [9.17, 15) is 14.0 Å². The van der Waals surface area contributed by atoms with E-state index in [-0.39, 0.29) is 19.5 Å². The Morgan fingerprint density at radius 2 is 1.89 bits per heavy atom. The highest BCUT2D eigenvalue weighted by molar-refractivity contribution is 5.89. The Labute approximate surface area is 157 Å². The number of carbonyl (C=O) groups is 2. The molecule has 1 unspecified atom stereocenters. The molecule has 0 fully saturated rings. The van der Waals surface area contributed by atoms with Crippen LogP contribution in [-0.4, -0.2) is 35.4 Å². The van der Waals surface area contributed by atoms with Gasteiger partial charge in [0.2, 0.25) is 6.36 Å². The maximum atomic E-state index is 13.7. The lowest BCUT2D eigenvalue weighted by Crippen LogP contribution is -2.33. The molecule has 1 aromatic carbocycles. The van der Waals surface area contributed by atoms with Crippen molar-refractivity contribution in [3.05, 3.63) is 65.5 Å². The highest BCUT2D eigenvalue weighted by atomic mass is 19.1. The number of halogens is 1. The average molecular weight is 374 g/mol. The predicted molar refractivity (Wildman–Crippen MR) is 97.6 cm³/mol. The number of pyridine rings is 1. The van der Waals surface area contributed by atoms with Gasteiger partial charge < -0.3 is 9.47 Å². The van der Waals surface area contributed by atoms with E-state index in [0.29, 0.717) is 17.7 Å². The van der Waals surface area contributed by atoms with E-state index in [1.807, 2.05) is 13.0 Å². The molecule has 0 aliphatic carbocycles. The summed E-state index contributed by atoms with van der Waals surface area (Å²) in [5.74, 6) is -0.439. The zero-order valence-electron chi connectivity index (χ0n) is 15.4. The van der Waals surface area contributed by atoms with Gasteiger partial charge in [0.05, 0.1) is 24.9 Å². The van der Waals surface area contributed by atoms with E-state index in [1.165, 1.54) is 12.0 Å². The number of hydrogen-bond donors (Lipinski definition) is 0. The number of aromatic nitrogens is 1. The van der Waals surface area contributed by atoms with Gasteiger partial charge in [0, 0.05) is 19.2 Å². The van der Waals surface area contributed by atoms with Crippen LogP contribution < -0.4 is 0 Å². The molecular formula is C20H23FN2O4. The van der Waals surface area contributed by atoms with Gasteiger partial charge in [0.15, 0.2) is 0 Å². The summed E-state index contributed by atoms with van der Waals surface area (Å²) in [5.41, 5.74) is 1.83. The van der Waals surface area contributed by atoms with Crippen molar-refractivity contribution in [1.29, 1.82) is 0 Å². The first-order valence-corrected chi connectivity index (χ1v) is 8.70. The first-order chi connectivity index (χ1) is 13.0. The number of amides is 1. The zero-order valence-corrected chi connectivity index (χ0v) is 15.4. The summed E-state index contributed by atoms with van der Waals surface area (Å²) >= 11 is 0. The molecule has 7 heteroatoms. The normalized spacial score (nSPS) is 11.5. The number of rotatable bonds is 8. The second kappa shape index (κ2) is 10.3. The summed E-state index contributed by atoms with van der Waals surface area (Å²) in [5, 5.41) is 0. The van der Waals surface area contributed by atoms with Crippen molar-refractivity contribution in [2.45, 2.75) is 39.2 Å². The van der Waals surface area contributed by atoms with Crippen molar-refractivity contribution >= 4 is 12.1 Å². The molecule has 1 atom stereocenters. The molecule has 0 spiro atoms. The van der Waals surface area contributed by atoms with Crippen LogP contribution in [0.1, 0.15) is 41.4 Å². The summed E-state index contributed by atoms with van der Waals surface area (Å²) in [4.78, 5) is 29.5. The number of esters is 1. The maximum absolute atomic E-state index is 13.7. The fourth-order valence-electron chi connectivity index (χ4n) is 2.43. The van der Waals surface area contributed by atoms with Crippen LogP contribution in [0.3, 0.4) is 0 Å². The van der Waals surface area contributed by atoms with Crippen molar-refractivity contribution in [2.24, 2.45) is 0 Å². The smallest absolute Gasteiger partial charge is 0.412 e. The lowest BCUT2D eigenvalue weighted by atomic mass is 10.1. The molecule has 6 nitrogen and oxygen atoms in total. The Balaban J connectivity index is 2.13. The van der Waals surface area contributed by atoms with Crippen LogP contribution in [0.4, 0.5) is 9.18 Å². The Morgan fingerprint density at radius 1 is 1.15 bits per heavy atom. The SMILES string of the molecule is CCCC(F)OC(=O)N(Cc1ccc(C(=O)OC)cc1)Cc1ccccn1. The van der Waals surface area contributed by atoms with Crippen LogP contribution in [0.15, 0.2) is 48.7 Å². The fraction of sp³-hybridized carbons (Fsp3) is 0.350. The maximum Gasteiger partial charge on any atom is 0.412 e. The molecule has 2 aromatic rings. The third-order valence-corrected chi connectivity index (χ3v) is 3.83. The van der Waals surface area contributed by atoms with Crippen molar-refractivity contribution in [3.63, 3.8) is 0 Å². The van der Waals surface area contributed by atoms with E-state index < -0.39 is 18.4 Å². The number of nitrogens with zero attached hydrogens (tertiary/aromatic N) is 2. The van der Waals surface area contributed by atoms with Gasteiger partial charge in [-0.3, -0.25) is 9.88 Å². The number of hydrogen-bond acceptors (Lipinski definition) is 5. The van der Waals surface area contributed by atoms with Crippen molar-refractivity contribution in [2.75, 3.05) is 7.11 Å². The number of benzene rings is 1. The minimum absolute atomic E-state index is 0.150. The molecule has 144 valence electrons. The van der Waals surface area contributed by atoms with Crippen molar-refractivity contribution < 1.29 is 23.5 Å². The summed E-state index contributed by atoms with van der Waals surface area (Å²) in [6.07, 6.45) is -0.0474. The van der Waals surface area contributed by atoms with Gasteiger partial charge in [-0.25, -0.2) is 14.0 Å². The lowest BCUT2D eigenvalue weighted by molar-refractivity contribution is -0.0135. The van der Waals surface area contributed by atoms with Gasteiger partial charge in [0.25, 0.3) is 0 Å². The van der Waals surface area contributed by atoms with Gasteiger partial charge in [-0.1, -0.05) is 25.1 Å². The largest absolute Gasteiger partial charge is 0.465 e. The van der Waals surface area contributed by atoms with Crippen molar-refractivity contribution in [1.82, 2.24) is 9.88 Å². The Bertz CT molecular complexity index is 737. The average Bonchev–Trinajstić information content (AvgIpc) is 2.68. The first-order valence-electron chi connectivity index (χ1n) is 8.70. The Kier molecular flexibility index (Phi) is 7.73. The Hall–Kier alpha value is -2.96. The molecule has 27 heavy (non-hydrogen) atoms. The summed E-state index contributed by atoms with van der Waals surface area (Å²) < 4.78 is 23.3. The number of carbonyl (C=O) groups excluding carboxylic acids is 2. The Morgan fingerprint density at radius 3 is 2.48 bits per heavy atom. The lowest BCUT2D eigenvalue weighted by Gasteiger charge is -2.23. The van der Waals surface area contributed by atoms with Crippen LogP contribution >= 0.6 is 0 Å². The highest BCUT2D eigenvalue weighted by Crippen LogP contribution is 2.14. The standard InChI is InChI=1S/C20H23FN2O4/c1-3-6-18(21)27-20(25)23(14-17-7-4-5-12-22-17)13-15-8-10-16(11-9-15)19(24)26-2/h4-5,7-12,18H,3,6,13-14H2,1-2H3. The predicted octanol–water partition coefficient (Wildman–Crippen LogP) is 4.10. The highest BCUT2D eigenvalue weighted by Gasteiger charge is 2.20. The summed E-state index contributed by atoms with van der Waals surface area (Å²) in [6, 6.07) is 12.0. The molecule has 1 amide bonds. The van der Waals surface area contributed by atoms with Crippen LogP contribution in [0.5, 0.6) is 0 Å². The van der Waals surface area contributed by atoms with Gasteiger partial charge in [-0.05, 0) is 36.2 Å². The number of ether oxygens (including phenoxy) is 2. The summed E-state index contributed by atoms with van der Waals surface area (Å²) in [6.45, 7) is 2.18. The molecule has 0 aliphatic rings. The van der Waals surface area contributed by atoms with Crippen LogP contribution in [-0.2, 0) is 22.6 Å². The molecule has 0 saturated heterocycles. The second-order valence-corrected chi connectivity index (χ2v) is 5.95. The first kappa shape index (κ1) is 20.4. The van der Waals surface area contributed by atoms with Crippen LogP contribution in [0, 0.1) is 0 Å². The third-order valence-electron chi connectivity index (χ3n) is 3.83. The van der Waals surface area contributed by atoms with Gasteiger partial charge in [0.1, 0.15) is 0 Å². The molecule has 2 rings (SSSR count). The van der Waals surface area contributed by atoms with E-state index in [4.69, 9.17) is 4.74 Å². The molecule has 1 aromatic heterocycles. The van der Waals surface area contributed by atoms with Gasteiger partial charge in [-0.15, -0.1) is 0 Å². The van der Waals surface area contributed by atoms with Gasteiger partial charge in [-0.2, -0.15) is 0 Å². The molecule has 0 bridgehead atoms. The van der Waals surface area contributed by atoms with E-state index in [2.05, 4.69) is 9.72 Å². The quantitative estimate of drug-likeness (QED) is 0.651. The second-order valence-electron chi connectivity index (χ2n) is 5.95. The zero-order chi connectivity index (χ0) is 19.6. The van der Waals surface area contributed by atoms with E-state index in [1.54, 1.807) is 42.6 Å². The summed E-state index contributed by atoms with van der Waals surface area (Å²) in [7, 11) is 1.31. The van der Waals surface area contributed by atoms with E-state index >= 15 is 0 Å². The number of methoxy groups -OCH3 is 1. The minimum Gasteiger partial charge on any atom is -0.465 e. The third kappa shape index (κ3) is 6.36. The van der Waals surface area contributed by atoms with Crippen molar-refractivity contribution in [3.8, 4) is 0 Å². The molecule has 0 radical (unpaired) electrons. The van der Waals surface area contributed by atoms with E-state index in [0.717, 1.165) is 5.56 Å². The molecule has 1 heterocycles. The number of alkyl halides is 1. The van der Waals surface area contributed by atoms with Crippen LogP contribution in [0.2, 0.25) is 0 Å². The molecule has 0 aliphatic heterocycles. The van der Waals surface area contributed by atoms with Gasteiger partial charge >= 0.3 is 12.1 Å². The minimum atomic E-state index is -1.64. The molecule has 0 N–H and O–H groups in total. The van der Waals surface area contributed by atoms with Crippen LogP contribution in [0.25, 0.3) is 0 Å². The molecular weight excluding hydrogens is 351 g/mol. The molecule has 0 saturated carbocycles. The fourth-order valence-corrected chi connectivity index (χ4v) is 2.43. The monoisotopic (exact) mass is 374 g/mol. The topological polar surface area (TPSA) is 68.7 Å².